The zero-order chi connectivity index (χ0) is 26.4. The van der Waals surface area contributed by atoms with Crippen LogP contribution in [0.5, 0.6) is 0 Å². The van der Waals surface area contributed by atoms with E-state index in [2.05, 4.69) is 5.10 Å². The molecule has 0 spiro atoms. The number of carbonyl (C=O) groups is 1. The first-order chi connectivity index (χ1) is 17.5. The normalized spacial score (nSPS) is 15.8. The van der Waals surface area contributed by atoms with Gasteiger partial charge in [0.15, 0.2) is 0 Å². The van der Waals surface area contributed by atoms with Crippen molar-refractivity contribution in [3.8, 4) is 11.1 Å². The highest BCUT2D eigenvalue weighted by Gasteiger charge is 2.35. The lowest BCUT2D eigenvalue weighted by Gasteiger charge is -2.31. The molecule has 0 atom stereocenters. The Morgan fingerprint density at radius 2 is 1.73 bits per heavy atom. The molecule has 1 aliphatic heterocycles. The lowest BCUT2D eigenvalue weighted by atomic mass is 9.95. The number of rotatable bonds is 5. The van der Waals surface area contributed by atoms with Crippen LogP contribution in [0.4, 0.5) is 8.78 Å². The molecule has 0 radical (unpaired) electrons. The predicted molar refractivity (Wildman–Crippen MR) is 139 cm³/mol. The van der Waals surface area contributed by atoms with Crippen molar-refractivity contribution >= 4 is 37.3 Å². The Kier molecular flexibility index (Phi) is 6.31. The van der Waals surface area contributed by atoms with Crippen LogP contribution in [0.3, 0.4) is 0 Å². The molecule has 37 heavy (non-hydrogen) atoms. The smallest absolute Gasteiger partial charge is 0.274 e. The van der Waals surface area contributed by atoms with Crippen LogP contribution >= 0.6 is 0 Å². The van der Waals surface area contributed by atoms with Gasteiger partial charge in [0.25, 0.3) is 17.4 Å². The third-order valence-corrected chi connectivity index (χ3v) is 7.67. The zero-order valence-corrected chi connectivity index (χ0v) is 21.0. The van der Waals surface area contributed by atoms with E-state index in [4.69, 9.17) is 0 Å². The van der Waals surface area contributed by atoms with Crippen LogP contribution in [0, 0.1) is 0 Å². The van der Waals surface area contributed by atoms with E-state index in [0.29, 0.717) is 16.3 Å². The number of nitrogens with zero attached hydrogens (tertiary/aromatic N) is 3. The summed E-state index contributed by atoms with van der Waals surface area (Å²) in [5, 5.41) is 6.94. The molecule has 0 saturated carbocycles. The number of aryl methyl sites for hydroxylation is 1. The van der Waals surface area contributed by atoms with Crippen molar-refractivity contribution in [2.75, 3.05) is 25.1 Å². The van der Waals surface area contributed by atoms with Gasteiger partial charge in [-0.3, -0.25) is 9.59 Å². The van der Waals surface area contributed by atoms with Crippen LogP contribution in [-0.2, 0) is 16.4 Å². The second-order valence-electron chi connectivity index (χ2n) is 9.49. The van der Waals surface area contributed by atoms with Gasteiger partial charge in [0, 0.05) is 43.1 Å². The molecular formula is C27H25F2N3O4S. The molecule has 4 aromatic rings. The lowest BCUT2D eigenvalue weighted by molar-refractivity contribution is -0.0494. The average Bonchev–Trinajstić information content (AvgIpc) is 2.86. The maximum atomic E-state index is 13.5. The molecule has 0 bridgehead atoms. The maximum Gasteiger partial charge on any atom is 0.274 e. The van der Waals surface area contributed by atoms with Crippen molar-refractivity contribution in [1.82, 2.24) is 14.7 Å². The monoisotopic (exact) mass is 525 g/mol. The molecule has 0 aliphatic carbocycles. The number of fused-ring (bicyclic) bond motifs is 2. The van der Waals surface area contributed by atoms with Gasteiger partial charge in [-0.1, -0.05) is 30.3 Å². The van der Waals surface area contributed by atoms with E-state index in [1.807, 2.05) is 36.4 Å². The van der Waals surface area contributed by atoms with Gasteiger partial charge in [0.2, 0.25) is 0 Å². The lowest BCUT2D eigenvalue weighted by Crippen LogP contribution is -2.42. The van der Waals surface area contributed by atoms with E-state index in [-0.39, 0.29) is 49.7 Å². The van der Waals surface area contributed by atoms with Gasteiger partial charge in [0.1, 0.15) is 9.84 Å². The van der Waals surface area contributed by atoms with Crippen molar-refractivity contribution in [1.29, 1.82) is 0 Å². The summed E-state index contributed by atoms with van der Waals surface area (Å²) in [5.74, 6) is -3.14. The largest absolute Gasteiger partial charge is 0.338 e. The van der Waals surface area contributed by atoms with Crippen LogP contribution in [0.2, 0.25) is 0 Å². The van der Waals surface area contributed by atoms with Gasteiger partial charge in [-0.05, 0) is 46.2 Å². The molecule has 0 N–H and O–H groups in total. The van der Waals surface area contributed by atoms with E-state index in [1.54, 1.807) is 24.4 Å². The SMILES string of the molecule is CS(=O)(=O)CCn1ncc2cc(-c3cccc4cc(C(=O)N5CCC(F)(F)CC5)ccc34)ccc2c1=O. The molecule has 1 fully saturated rings. The van der Waals surface area contributed by atoms with Crippen molar-refractivity contribution < 1.29 is 22.0 Å². The highest BCUT2D eigenvalue weighted by molar-refractivity contribution is 7.90. The van der Waals surface area contributed by atoms with Crippen molar-refractivity contribution in [2.45, 2.75) is 25.3 Å². The summed E-state index contributed by atoms with van der Waals surface area (Å²) in [4.78, 5) is 27.2. The summed E-state index contributed by atoms with van der Waals surface area (Å²) in [7, 11) is -3.23. The molecule has 1 aliphatic rings. The third-order valence-electron chi connectivity index (χ3n) is 6.75. The van der Waals surface area contributed by atoms with Gasteiger partial charge in [-0.15, -0.1) is 0 Å². The van der Waals surface area contributed by atoms with Gasteiger partial charge in [0.05, 0.1) is 23.9 Å². The minimum atomic E-state index is -3.23. The van der Waals surface area contributed by atoms with Crippen LogP contribution < -0.4 is 5.56 Å². The standard InChI is InChI=1S/C27H25F2N3O4S/c1-37(35,36)14-13-32-26(34)24-8-5-19(16-21(24)17-30-32)22-4-2-3-18-15-20(6-7-23(18)22)25(33)31-11-9-27(28,29)10-12-31/h2-8,15-17H,9-14H2,1H3. The highest BCUT2D eigenvalue weighted by Crippen LogP contribution is 2.32. The fourth-order valence-electron chi connectivity index (χ4n) is 4.65. The Hall–Kier alpha value is -3.66. The number of halogens is 2. The molecular weight excluding hydrogens is 500 g/mol. The second kappa shape index (κ2) is 9.33. The molecule has 1 aromatic heterocycles. The molecule has 1 amide bonds. The van der Waals surface area contributed by atoms with Gasteiger partial charge >= 0.3 is 0 Å². The summed E-state index contributed by atoms with van der Waals surface area (Å²) >= 11 is 0. The molecule has 192 valence electrons. The first-order valence-electron chi connectivity index (χ1n) is 11.9. The van der Waals surface area contributed by atoms with E-state index in [0.717, 1.165) is 32.8 Å². The molecule has 0 unspecified atom stereocenters. The minimum absolute atomic E-state index is 0.0143. The van der Waals surface area contributed by atoms with Crippen LogP contribution in [-0.4, -0.2) is 60.0 Å². The van der Waals surface area contributed by atoms with Crippen LogP contribution in [0.25, 0.3) is 32.7 Å². The van der Waals surface area contributed by atoms with Gasteiger partial charge in [-0.25, -0.2) is 21.9 Å². The number of likely N-dealkylation sites (tertiary alicyclic amines) is 1. The number of hydrogen-bond donors (Lipinski definition) is 0. The molecule has 1 saturated heterocycles. The fraction of sp³-hybridized carbons (Fsp3) is 0.296. The predicted octanol–water partition coefficient (Wildman–Crippen LogP) is 4.13. The third kappa shape index (κ3) is 5.24. The number of alkyl halides is 2. The minimum Gasteiger partial charge on any atom is -0.338 e. The summed E-state index contributed by atoms with van der Waals surface area (Å²) in [6, 6.07) is 16.4. The number of aromatic nitrogens is 2. The number of carbonyl (C=O) groups excluding carboxylic acids is 1. The van der Waals surface area contributed by atoms with E-state index < -0.39 is 15.8 Å². The van der Waals surface area contributed by atoms with Crippen molar-refractivity contribution in [3.63, 3.8) is 0 Å². The molecule has 5 rings (SSSR count). The molecule has 3 aromatic carbocycles. The van der Waals surface area contributed by atoms with E-state index >= 15 is 0 Å². The quantitative estimate of drug-likeness (QED) is 0.391. The Labute approximate surface area is 212 Å². The van der Waals surface area contributed by atoms with Crippen molar-refractivity contribution in [3.05, 3.63) is 76.7 Å². The Morgan fingerprint density at radius 1 is 1.00 bits per heavy atom. The average molecular weight is 526 g/mol. The Balaban J connectivity index is 1.45. The summed E-state index contributed by atoms with van der Waals surface area (Å²) in [5.41, 5.74) is 1.85. The molecule has 10 heteroatoms. The first kappa shape index (κ1) is 25.0. The zero-order valence-electron chi connectivity index (χ0n) is 20.2. The maximum absolute atomic E-state index is 13.5. The van der Waals surface area contributed by atoms with Gasteiger partial charge in [-0.2, -0.15) is 5.10 Å². The Bertz CT molecular complexity index is 1690. The highest BCUT2D eigenvalue weighted by atomic mass is 32.2. The first-order valence-corrected chi connectivity index (χ1v) is 13.9. The van der Waals surface area contributed by atoms with Crippen molar-refractivity contribution in [2.24, 2.45) is 0 Å². The topological polar surface area (TPSA) is 89.3 Å². The second-order valence-corrected chi connectivity index (χ2v) is 11.8. The number of piperidine rings is 1. The number of benzene rings is 3. The summed E-state index contributed by atoms with van der Waals surface area (Å²) < 4.78 is 51.1. The van der Waals surface area contributed by atoms with E-state index in [1.165, 1.54) is 4.90 Å². The summed E-state index contributed by atoms with van der Waals surface area (Å²) in [6.45, 7) is 0.0512. The van der Waals surface area contributed by atoms with Crippen LogP contribution in [0.1, 0.15) is 23.2 Å². The molecule has 7 nitrogen and oxygen atoms in total. The number of amides is 1. The number of hydrogen-bond acceptors (Lipinski definition) is 5. The number of sulfone groups is 1. The molecule has 2 heterocycles. The van der Waals surface area contributed by atoms with Crippen LogP contribution in [0.15, 0.2) is 65.6 Å². The fourth-order valence-corrected chi connectivity index (χ4v) is 5.16. The van der Waals surface area contributed by atoms with Gasteiger partial charge < -0.3 is 4.90 Å². The Morgan fingerprint density at radius 3 is 2.46 bits per heavy atom. The summed E-state index contributed by atoms with van der Waals surface area (Å²) in [6.07, 6.45) is 2.02. The van der Waals surface area contributed by atoms with E-state index in [9.17, 15) is 26.8 Å².